The molecule has 1 rings (SSSR count). The third-order valence-electron chi connectivity index (χ3n) is 2.38. The predicted molar refractivity (Wildman–Crippen MR) is 54.3 cm³/mol. The van der Waals surface area contributed by atoms with Crippen LogP contribution >= 0.6 is 0 Å². The highest BCUT2D eigenvalue weighted by Gasteiger charge is 2.25. The lowest BCUT2D eigenvalue weighted by Gasteiger charge is -2.24. The van der Waals surface area contributed by atoms with Crippen molar-refractivity contribution in [1.29, 1.82) is 0 Å². The van der Waals surface area contributed by atoms with Gasteiger partial charge in [0.15, 0.2) is 0 Å². The fourth-order valence-corrected chi connectivity index (χ4v) is 1.12. The molecule has 78 valence electrons. The molecule has 0 saturated heterocycles. The van der Waals surface area contributed by atoms with Crippen LogP contribution in [0.1, 0.15) is 12.6 Å². The maximum Gasteiger partial charge on any atom is 0.122 e. The van der Waals surface area contributed by atoms with Gasteiger partial charge < -0.3 is 15.6 Å². The molecule has 0 saturated carbocycles. The molecule has 4 nitrogen and oxygen atoms in total. The van der Waals surface area contributed by atoms with Crippen LogP contribution in [0.4, 0.5) is 0 Å². The van der Waals surface area contributed by atoms with Gasteiger partial charge in [-0.2, -0.15) is 0 Å². The number of aromatic nitrogens is 1. The summed E-state index contributed by atoms with van der Waals surface area (Å²) in [5, 5.41) is 9.24. The number of rotatable bonds is 4. The first kappa shape index (κ1) is 10.9. The van der Waals surface area contributed by atoms with E-state index in [9.17, 15) is 5.11 Å². The SMILES string of the molecule is COc1ccnc(C(C)(CN)CO)c1. The Morgan fingerprint density at radius 3 is 2.86 bits per heavy atom. The van der Waals surface area contributed by atoms with Gasteiger partial charge in [-0.25, -0.2) is 0 Å². The second-order valence-electron chi connectivity index (χ2n) is 3.50. The van der Waals surface area contributed by atoms with E-state index < -0.39 is 5.41 Å². The van der Waals surface area contributed by atoms with E-state index in [2.05, 4.69) is 4.98 Å². The van der Waals surface area contributed by atoms with Crippen molar-refractivity contribution in [2.24, 2.45) is 5.73 Å². The molecule has 0 amide bonds. The number of pyridine rings is 1. The number of hydrogen-bond acceptors (Lipinski definition) is 4. The highest BCUT2D eigenvalue weighted by atomic mass is 16.5. The van der Waals surface area contributed by atoms with Gasteiger partial charge in [0, 0.05) is 24.2 Å². The lowest BCUT2D eigenvalue weighted by atomic mass is 9.87. The van der Waals surface area contributed by atoms with Crippen LogP contribution in [0, 0.1) is 0 Å². The van der Waals surface area contributed by atoms with E-state index in [0.717, 1.165) is 11.4 Å². The molecule has 1 atom stereocenters. The molecule has 0 fully saturated rings. The van der Waals surface area contributed by atoms with Gasteiger partial charge in [0.25, 0.3) is 0 Å². The summed E-state index contributed by atoms with van der Waals surface area (Å²) in [7, 11) is 1.60. The molecule has 0 radical (unpaired) electrons. The van der Waals surface area contributed by atoms with Crippen LogP contribution in [-0.4, -0.2) is 30.4 Å². The quantitative estimate of drug-likeness (QED) is 0.726. The Balaban J connectivity index is 3.04. The summed E-state index contributed by atoms with van der Waals surface area (Å²) >= 11 is 0. The Labute approximate surface area is 83.7 Å². The Kier molecular flexibility index (Phi) is 3.43. The van der Waals surface area contributed by atoms with E-state index in [1.165, 1.54) is 0 Å². The average molecular weight is 196 g/mol. The first-order valence-corrected chi connectivity index (χ1v) is 4.48. The number of nitrogens with two attached hydrogens (primary N) is 1. The van der Waals surface area contributed by atoms with Crippen LogP contribution in [0.2, 0.25) is 0 Å². The number of ether oxygens (including phenoxy) is 1. The summed E-state index contributed by atoms with van der Waals surface area (Å²) in [6.45, 7) is 2.20. The zero-order valence-corrected chi connectivity index (χ0v) is 8.53. The van der Waals surface area contributed by atoms with Gasteiger partial charge in [-0.1, -0.05) is 6.92 Å². The van der Waals surface area contributed by atoms with Crippen molar-refractivity contribution in [3.63, 3.8) is 0 Å². The fourth-order valence-electron chi connectivity index (χ4n) is 1.12. The molecule has 0 aliphatic carbocycles. The topological polar surface area (TPSA) is 68.4 Å². The number of aliphatic hydroxyl groups is 1. The molecule has 0 aliphatic heterocycles. The predicted octanol–water partition coefficient (Wildman–Crippen LogP) is 0.299. The maximum atomic E-state index is 9.24. The van der Waals surface area contributed by atoms with Crippen molar-refractivity contribution in [2.75, 3.05) is 20.3 Å². The number of aliphatic hydroxyl groups excluding tert-OH is 1. The molecule has 0 spiro atoms. The van der Waals surface area contributed by atoms with E-state index >= 15 is 0 Å². The normalized spacial score (nSPS) is 14.9. The third kappa shape index (κ3) is 2.02. The van der Waals surface area contributed by atoms with Crippen molar-refractivity contribution in [2.45, 2.75) is 12.3 Å². The summed E-state index contributed by atoms with van der Waals surface area (Å²) in [5.74, 6) is 0.725. The smallest absolute Gasteiger partial charge is 0.122 e. The lowest BCUT2D eigenvalue weighted by Crippen LogP contribution is -2.36. The van der Waals surface area contributed by atoms with Crippen LogP contribution in [0.15, 0.2) is 18.3 Å². The summed E-state index contributed by atoms with van der Waals surface area (Å²) < 4.78 is 5.08. The van der Waals surface area contributed by atoms with Crippen LogP contribution in [0.25, 0.3) is 0 Å². The molecule has 0 bridgehead atoms. The minimum absolute atomic E-state index is 0.0241. The van der Waals surface area contributed by atoms with Crippen molar-refractivity contribution < 1.29 is 9.84 Å². The van der Waals surface area contributed by atoms with Gasteiger partial charge in [-0.05, 0) is 6.07 Å². The standard InChI is InChI=1S/C10H16N2O2/c1-10(6-11,7-13)9-5-8(14-2)3-4-12-9/h3-5,13H,6-7,11H2,1-2H3. The Morgan fingerprint density at radius 2 is 2.36 bits per heavy atom. The van der Waals surface area contributed by atoms with E-state index in [1.807, 2.05) is 6.92 Å². The van der Waals surface area contributed by atoms with Crippen LogP contribution in [0.3, 0.4) is 0 Å². The second-order valence-corrected chi connectivity index (χ2v) is 3.50. The van der Waals surface area contributed by atoms with Crippen molar-refractivity contribution in [1.82, 2.24) is 4.98 Å². The molecule has 1 unspecified atom stereocenters. The minimum atomic E-state index is -0.492. The van der Waals surface area contributed by atoms with Crippen molar-refractivity contribution >= 4 is 0 Å². The van der Waals surface area contributed by atoms with Gasteiger partial charge in [0.1, 0.15) is 5.75 Å². The highest BCUT2D eigenvalue weighted by Crippen LogP contribution is 2.22. The summed E-state index contributed by atoms with van der Waals surface area (Å²) in [4.78, 5) is 4.18. The second kappa shape index (κ2) is 4.39. The number of hydrogen-bond donors (Lipinski definition) is 2. The van der Waals surface area contributed by atoms with E-state index in [1.54, 1.807) is 25.4 Å². The van der Waals surface area contributed by atoms with Crippen LogP contribution in [0.5, 0.6) is 5.75 Å². The van der Waals surface area contributed by atoms with Gasteiger partial charge in [0.2, 0.25) is 0 Å². The third-order valence-corrected chi connectivity index (χ3v) is 2.38. The Hall–Kier alpha value is -1.13. The van der Waals surface area contributed by atoms with Gasteiger partial charge >= 0.3 is 0 Å². The first-order chi connectivity index (χ1) is 6.66. The average Bonchev–Trinajstić information content (AvgIpc) is 2.28. The highest BCUT2D eigenvalue weighted by molar-refractivity contribution is 5.27. The molecule has 0 aromatic carbocycles. The van der Waals surface area contributed by atoms with E-state index in [-0.39, 0.29) is 6.61 Å². The molecular weight excluding hydrogens is 180 g/mol. The molecule has 0 aliphatic rings. The van der Waals surface area contributed by atoms with E-state index in [4.69, 9.17) is 10.5 Å². The van der Waals surface area contributed by atoms with Gasteiger partial charge in [-0.3, -0.25) is 4.98 Å². The molecule has 1 aromatic heterocycles. The summed E-state index contributed by atoms with van der Waals surface area (Å²) in [6.07, 6.45) is 1.65. The lowest BCUT2D eigenvalue weighted by molar-refractivity contribution is 0.206. The maximum absolute atomic E-state index is 9.24. The van der Waals surface area contributed by atoms with Crippen molar-refractivity contribution in [3.05, 3.63) is 24.0 Å². The van der Waals surface area contributed by atoms with Gasteiger partial charge in [0.05, 0.1) is 19.4 Å². The van der Waals surface area contributed by atoms with Crippen LogP contribution < -0.4 is 10.5 Å². The molecule has 3 N–H and O–H groups in total. The zero-order valence-electron chi connectivity index (χ0n) is 8.53. The molecule has 1 heterocycles. The van der Waals surface area contributed by atoms with Crippen LogP contribution in [-0.2, 0) is 5.41 Å². The summed E-state index contributed by atoms with van der Waals surface area (Å²) in [5.41, 5.74) is 5.86. The first-order valence-electron chi connectivity index (χ1n) is 4.48. The molecular formula is C10H16N2O2. The zero-order chi connectivity index (χ0) is 10.6. The van der Waals surface area contributed by atoms with E-state index in [0.29, 0.717) is 6.54 Å². The molecule has 14 heavy (non-hydrogen) atoms. The molecule has 4 heteroatoms. The fraction of sp³-hybridized carbons (Fsp3) is 0.500. The Bertz CT molecular complexity index is 298. The van der Waals surface area contributed by atoms with Crippen molar-refractivity contribution in [3.8, 4) is 5.75 Å². The largest absolute Gasteiger partial charge is 0.497 e. The Morgan fingerprint density at radius 1 is 1.64 bits per heavy atom. The van der Waals surface area contributed by atoms with Gasteiger partial charge in [-0.15, -0.1) is 0 Å². The molecule has 1 aromatic rings. The number of methoxy groups -OCH3 is 1. The number of nitrogens with zero attached hydrogens (tertiary/aromatic N) is 1. The summed E-state index contributed by atoms with van der Waals surface area (Å²) in [6, 6.07) is 3.56. The minimum Gasteiger partial charge on any atom is -0.497 e. The monoisotopic (exact) mass is 196 g/mol.